The van der Waals surface area contributed by atoms with Gasteiger partial charge in [0.2, 0.25) is 0 Å². The van der Waals surface area contributed by atoms with Crippen molar-refractivity contribution in [2.75, 3.05) is 6.54 Å². The number of carbonyl (C=O) groups excluding carboxylic acids is 2. The lowest BCUT2D eigenvalue weighted by atomic mass is 10.0. The van der Waals surface area contributed by atoms with Gasteiger partial charge in [-0.05, 0) is 98.9 Å². The number of hydrogen-bond acceptors (Lipinski definition) is 6. The Morgan fingerprint density at radius 2 is 1.66 bits per heavy atom. The number of ether oxygens (including phenoxy) is 2. The van der Waals surface area contributed by atoms with Crippen LogP contribution >= 0.6 is 43.5 Å². The Bertz CT molecular complexity index is 1260. The number of hydrogen-bond donors (Lipinski definition) is 3. The Morgan fingerprint density at radius 1 is 1.03 bits per heavy atom. The van der Waals surface area contributed by atoms with Crippen LogP contribution in [-0.4, -0.2) is 34.6 Å². The summed E-state index contributed by atoms with van der Waals surface area (Å²) in [4.78, 5) is 35.2. The molecule has 1 atom stereocenters. The van der Waals surface area contributed by atoms with Gasteiger partial charge >= 0.3 is 12.1 Å². The highest BCUT2D eigenvalue weighted by Crippen LogP contribution is 2.40. The van der Waals surface area contributed by atoms with Crippen LogP contribution < -0.4 is 10.1 Å². The number of aliphatic carboxylic acids is 1. The molecule has 11 heteroatoms. The van der Waals surface area contributed by atoms with Crippen LogP contribution in [0.1, 0.15) is 34.5 Å². The number of ketones is 1. The first kappa shape index (κ1) is 26.5. The van der Waals surface area contributed by atoms with E-state index >= 15 is 0 Å². The molecule has 0 aromatic heterocycles. The van der Waals surface area contributed by atoms with Gasteiger partial charge in [-0.15, -0.1) is 0 Å². The van der Waals surface area contributed by atoms with Gasteiger partial charge in [0.25, 0.3) is 0 Å². The van der Waals surface area contributed by atoms with E-state index in [-0.39, 0.29) is 11.3 Å². The van der Waals surface area contributed by atoms with Crippen LogP contribution in [0.4, 0.5) is 4.79 Å². The van der Waals surface area contributed by atoms with Gasteiger partial charge in [0, 0.05) is 10.6 Å². The third-order valence-electron chi connectivity index (χ3n) is 4.70. The molecule has 0 aliphatic carbocycles. The first-order chi connectivity index (χ1) is 16.5. The standard InChI is InChI=1S/C24H18Br2ClNO7/c1-12(34-24(33)28-11-21(30)31)14-8-18(25)23(19(26)9-14)35-16-6-7-20(29)17(10-16)22(32)13-2-4-15(27)5-3-13/h2-10,12,29H,11H2,1H3,(H,28,33)(H,30,31). The van der Waals surface area contributed by atoms with Gasteiger partial charge in [-0.25, -0.2) is 4.79 Å². The van der Waals surface area contributed by atoms with Gasteiger partial charge in [0.05, 0.1) is 14.5 Å². The van der Waals surface area contributed by atoms with Crippen LogP contribution in [0.5, 0.6) is 17.2 Å². The average Bonchev–Trinajstić information content (AvgIpc) is 2.81. The molecule has 0 radical (unpaired) electrons. The molecule has 182 valence electrons. The summed E-state index contributed by atoms with van der Waals surface area (Å²) < 4.78 is 12.2. The van der Waals surface area contributed by atoms with Crippen LogP contribution in [0.15, 0.2) is 63.5 Å². The minimum Gasteiger partial charge on any atom is -0.507 e. The van der Waals surface area contributed by atoms with Crippen molar-refractivity contribution in [2.24, 2.45) is 0 Å². The summed E-state index contributed by atoms with van der Waals surface area (Å²) in [6, 6.07) is 14.0. The lowest BCUT2D eigenvalue weighted by Gasteiger charge is -2.17. The van der Waals surface area contributed by atoms with Gasteiger partial charge in [-0.1, -0.05) is 11.6 Å². The smallest absolute Gasteiger partial charge is 0.408 e. The third-order valence-corrected chi connectivity index (χ3v) is 6.13. The Balaban J connectivity index is 1.80. The highest BCUT2D eigenvalue weighted by molar-refractivity contribution is 9.11. The molecule has 3 N–H and O–H groups in total. The number of aromatic hydroxyl groups is 1. The molecule has 0 aliphatic rings. The number of phenols is 1. The molecule has 3 aromatic carbocycles. The maximum absolute atomic E-state index is 12.9. The SMILES string of the molecule is CC(OC(=O)NCC(=O)O)c1cc(Br)c(Oc2ccc(O)c(C(=O)c3ccc(Cl)cc3)c2)c(Br)c1. The van der Waals surface area contributed by atoms with E-state index in [0.717, 1.165) is 0 Å². The Kier molecular flexibility index (Phi) is 8.76. The number of carboxylic acids is 1. The monoisotopic (exact) mass is 625 g/mol. The zero-order chi connectivity index (χ0) is 25.7. The maximum atomic E-state index is 12.9. The zero-order valence-corrected chi connectivity index (χ0v) is 22.0. The van der Waals surface area contributed by atoms with Crippen molar-refractivity contribution < 1.29 is 34.1 Å². The van der Waals surface area contributed by atoms with E-state index in [9.17, 15) is 19.5 Å². The van der Waals surface area contributed by atoms with E-state index in [1.54, 1.807) is 43.3 Å². The first-order valence-electron chi connectivity index (χ1n) is 10.0. The second-order valence-corrected chi connectivity index (χ2v) is 9.37. The average molecular weight is 628 g/mol. The molecule has 0 bridgehead atoms. The first-order valence-corrected chi connectivity index (χ1v) is 12.0. The van der Waals surface area contributed by atoms with Crippen LogP contribution in [0.25, 0.3) is 0 Å². The molecule has 3 aromatic rings. The number of rotatable bonds is 8. The fourth-order valence-electron chi connectivity index (χ4n) is 2.96. The minimum atomic E-state index is -1.19. The van der Waals surface area contributed by atoms with E-state index in [0.29, 0.717) is 36.6 Å². The van der Waals surface area contributed by atoms with Crippen molar-refractivity contribution in [1.29, 1.82) is 0 Å². The van der Waals surface area contributed by atoms with Gasteiger partial charge in [-0.3, -0.25) is 9.59 Å². The predicted octanol–water partition coefficient (Wildman–Crippen LogP) is 6.47. The topological polar surface area (TPSA) is 122 Å². The summed E-state index contributed by atoms with van der Waals surface area (Å²) in [5.74, 6) is -1.10. The molecular formula is C24H18Br2ClNO7. The number of halogens is 3. The molecular weight excluding hydrogens is 610 g/mol. The summed E-state index contributed by atoms with van der Waals surface area (Å²) >= 11 is 12.7. The molecule has 0 aliphatic heterocycles. The second kappa shape index (κ2) is 11.6. The van der Waals surface area contributed by atoms with Crippen molar-refractivity contribution in [3.05, 3.63) is 85.3 Å². The minimum absolute atomic E-state index is 0.0584. The Hall–Kier alpha value is -3.08. The molecule has 0 fully saturated rings. The number of carbonyl (C=O) groups is 3. The van der Waals surface area contributed by atoms with Gasteiger partial charge < -0.3 is 25.0 Å². The summed E-state index contributed by atoms with van der Waals surface area (Å²) in [7, 11) is 0. The Morgan fingerprint density at radius 3 is 2.26 bits per heavy atom. The number of benzene rings is 3. The van der Waals surface area contributed by atoms with Crippen molar-refractivity contribution in [1.82, 2.24) is 5.32 Å². The predicted molar refractivity (Wildman–Crippen MR) is 135 cm³/mol. The van der Waals surface area contributed by atoms with E-state index in [2.05, 4.69) is 37.2 Å². The lowest BCUT2D eigenvalue weighted by Crippen LogP contribution is -2.30. The zero-order valence-electron chi connectivity index (χ0n) is 18.1. The van der Waals surface area contributed by atoms with E-state index in [1.807, 2.05) is 0 Å². The Labute approximate surface area is 222 Å². The number of carboxylic acid groups (broad SMARTS) is 1. The summed E-state index contributed by atoms with van der Waals surface area (Å²) in [5, 5.41) is 21.5. The van der Waals surface area contributed by atoms with E-state index in [1.165, 1.54) is 18.2 Å². The molecule has 1 unspecified atom stereocenters. The van der Waals surface area contributed by atoms with Crippen molar-refractivity contribution >= 4 is 61.3 Å². The lowest BCUT2D eigenvalue weighted by molar-refractivity contribution is -0.135. The van der Waals surface area contributed by atoms with Gasteiger partial charge in [-0.2, -0.15) is 0 Å². The summed E-state index contributed by atoms with van der Waals surface area (Å²) in [6.07, 6.45) is -1.56. The van der Waals surface area contributed by atoms with Crippen molar-refractivity contribution in [3.8, 4) is 17.2 Å². The normalized spacial score (nSPS) is 11.4. The van der Waals surface area contributed by atoms with Crippen LogP contribution in [-0.2, 0) is 9.53 Å². The fourth-order valence-corrected chi connectivity index (χ4v) is 4.47. The van der Waals surface area contributed by atoms with Crippen LogP contribution in [0.3, 0.4) is 0 Å². The van der Waals surface area contributed by atoms with E-state index < -0.39 is 30.5 Å². The van der Waals surface area contributed by atoms with E-state index in [4.69, 9.17) is 26.2 Å². The molecule has 0 saturated heterocycles. The molecule has 1 amide bonds. The van der Waals surface area contributed by atoms with Crippen LogP contribution in [0.2, 0.25) is 5.02 Å². The van der Waals surface area contributed by atoms with Crippen molar-refractivity contribution in [3.63, 3.8) is 0 Å². The number of alkyl carbamates (subject to hydrolysis) is 1. The largest absolute Gasteiger partial charge is 0.507 e. The second-order valence-electron chi connectivity index (χ2n) is 7.23. The van der Waals surface area contributed by atoms with Crippen molar-refractivity contribution in [2.45, 2.75) is 13.0 Å². The summed E-state index contributed by atoms with van der Waals surface area (Å²) in [6.45, 7) is 1.07. The highest BCUT2D eigenvalue weighted by Gasteiger charge is 2.19. The number of nitrogens with one attached hydrogen (secondary N) is 1. The van der Waals surface area contributed by atoms with Crippen LogP contribution in [0, 0.1) is 0 Å². The quantitative estimate of drug-likeness (QED) is 0.245. The number of amides is 1. The summed E-state index contributed by atoms with van der Waals surface area (Å²) in [5.41, 5.74) is 1.02. The number of phenolic OH excluding ortho intramolecular Hbond substituents is 1. The fraction of sp³-hybridized carbons (Fsp3) is 0.125. The molecule has 3 rings (SSSR count). The molecule has 8 nitrogen and oxygen atoms in total. The van der Waals surface area contributed by atoms with Gasteiger partial charge in [0.15, 0.2) is 11.5 Å². The van der Waals surface area contributed by atoms with Gasteiger partial charge in [0.1, 0.15) is 24.1 Å². The maximum Gasteiger partial charge on any atom is 0.408 e. The molecule has 0 heterocycles. The molecule has 35 heavy (non-hydrogen) atoms. The highest BCUT2D eigenvalue weighted by atomic mass is 79.9. The third kappa shape index (κ3) is 6.97. The molecule has 0 saturated carbocycles. The molecule has 0 spiro atoms.